The van der Waals surface area contributed by atoms with Crippen molar-refractivity contribution in [2.45, 2.75) is 110 Å². The lowest BCUT2D eigenvalue weighted by Gasteiger charge is -2.30. The number of nitrogens with one attached hydrogen (secondary N) is 1. The van der Waals surface area contributed by atoms with Gasteiger partial charge in [-0.25, -0.2) is 0 Å². The van der Waals surface area contributed by atoms with Crippen LogP contribution >= 0.6 is 0 Å². The van der Waals surface area contributed by atoms with Gasteiger partial charge in [-0.3, -0.25) is 4.68 Å². The first kappa shape index (κ1) is 26.0. The zero-order valence-electron chi connectivity index (χ0n) is 21.5. The Morgan fingerprint density at radius 1 is 1.12 bits per heavy atom. The summed E-state index contributed by atoms with van der Waals surface area (Å²) in [6.45, 7) is 12.3. The second-order valence-electron chi connectivity index (χ2n) is 10.4. The van der Waals surface area contributed by atoms with E-state index in [1.165, 1.54) is 94.9 Å². The van der Waals surface area contributed by atoms with Gasteiger partial charge in [-0.05, 0) is 101 Å². The summed E-state index contributed by atoms with van der Waals surface area (Å²) in [4.78, 5) is 0. The quantitative estimate of drug-likeness (QED) is 0.216. The smallest absolute Gasteiger partial charge is 0.0492 e. The van der Waals surface area contributed by atoms with Crippen molar-refractivity contribution in [1.29, 1.82) is 0 Å². The number of rotatable bonds is 15. The maximum absolute atomic E-state index is 4.65. The van der Waals surface area contributed by atoms with E-state index in [0.717, 1.165) is 31.3 Å². The zero-order valence-corrected chi connectivity index (χ0v) is 21.5. The van der Waals surface area contributed by atoms with Crippen molar-refractivity contribution < 1.29 is 0 Å². The molecule has 0 radical (unpaired) electrons. The van der Waals surface area contributed by atoms with Crippen LogP contribution in [0.1, 0.15) is 109 Å². The van der Waals surface area contributed by atoms with Crippen molar-refractivity contribution in [2.24, 2.45) is 11.8 Å². The predicted octanol–water partition coefficient (Wildman–Crippen LogP) is 7.97. The Morgan fingerprint density at radius 3 is 2.70 bits per heavy atom. The number of allylic oxidation sites excluding steroid dienone is 5. The molecule has 0 saturated heterocycles. The molecule has 3 rings (SSSR count). The number of hydrogen-bond donors (Lipinski definition) is 1. The molecule has 3 heteroatoms. The van der Waals surface area contributed by atoms with Crippen LogP contribution < -0.4 is 5.32 Å². The molecule has 0 amide bonds. The minimum absolute atomic E-state index is 0.442. The molecule has 1 unspecified atom stereocenters. The van der Waals surface area contributed by atoms with Crippen molar-refractivity contribution in [1.82, 2.24) is 15.1 Å². The lowest BCUT2D eigenvalue weighted by Crippen LogP contribution is -2.28. The van der Waals surface area contributed by atoms with Gasteiger partial charge < -0.3 is 5.32 Å². The summed E-state index contributed by atoms with van der Waals surface area (Å²) in [5.41, 5.74) is 4.36. The number of unbranched alkanes of at least 4 members (excludes halogenated alkanes) is 3. The molecule has 0 bridgehead atoms. The molecule has 1 atom stereocenters. The lowest BCUT2D eigenvalue weighted by atomic mass is 9.77. The SMILES string of the molecule is C=C(CC)C(CCCNCC1CCC(C2=CCCC=C2)CC1)c1ccnn1CCCCCC. The van der Waals surface area contributed by atoms with Crippen molar-refractivity contribution >= 4 is 0 Å². The van der Waals surface area contributed by atoms with E-state index in [2.05, 4.69) is 59.8 Å². The third kappa shape index (κ3) is 8.28. The zero-order chi connectivity index (χ0) is 23.3. The third-order valence-electron chi connectivity index (χ3n) is 7.90. The van der Waals surface area contributed by atoms with Gasteiger partial charge in [-0.2, -0.15) is 5.10 Å². The molecule has 0 aromatic carbocycles. The average molecular weight is 452 g/mol. The molecule has 1 aromatic heterocycles. The van der Waals surface area contributed by atoms with Gasteiger partial charge in [0.1, 0.15) is 0 Å². The maximum Gasteiger partial charge on any atom is 0.0492 e. The molecule has 0 spiro atoms. The highest BCUT2D eigenvalue weighted by Crippen LogP contribution is 2.35. The fraction of sp³-hybridized carbons (Fsp3) is 0.700. The Bertz CT molecular complexity index is 748. The van der Waals surface area contributed by atoms with E-state index >= 15 is 0 Å². The first-order valence-corrected chi connectivity index (χ1v) is 14.0. The molecule has 33 heavy (non-hydrogen) atoms. The van der Waals surface area contributed by atoms with Crippen LogP contribution in [0.2, 0.25) is 0 Å². The third-order valence-corrected chi connectivity index (χ3v) is 7.90. The van der Waals surface area contributed by atoms with Crippen LogP contribution in [0.25, 0.3) is 0 Å². The molecule has 0 aliphatic heterocycles. The fourth-order valence-electron chi connectivity index (χ4n) is 5.70. The largest absolute Gasteiger partial charge is 0.316 e. The standard InChI is InChI=1S/C30H49N3/c1-4-6-7-11-23-33-30(20-22-32-33)29(25(3)5-2)15-12-21-31-24-26-16-18-28(19-17-26)27-13-9-8-10-14-27/h9,13-14,20,22,26,28-29,31H,3-8,10-12,15-19,21,23-24H2,1-2H3. The van der Waals surface area contributed by atoms with Gasteiger partial charge in [0.15, 0.2) is 0 Å². The van der Waals surface area contributed by atoms with Gasteiger partial charge in [0.25, 0.3) is 0 Å². The molecule has 3 nitrogen and oxygen atoms in total. The summed E-state index contributed by atoms with van der Waals surface area (Å²) < 4.78 is 2.25. The highest BCUT2D eigenvalue weighted by Gasteiger charge is 2.23. The van der Waals surface area contributed by atoms with Crippen molar-refractivity contribution in [3.8, 4) is 0 Å². The van der Waals surface area contributed by atoms with Crippen LogP contribution in [0, 0.1) is 11.8 Å². The van der Waals surface area contributed by atoms with Crippen LogP contribution in [-0.4, -0.2) is 22.9 Å². The average Bonchev–Trinajstić information content (AvgIpc) is 3.32. The molecule has 2 aliphatic rings. The Balaban J connectivity index is 1.37. The maximum atomic E-state index is 4.65. The van der Waals surface area contributed by atoms with Gasteiger partial charge in [-0.15, -0.1) is 0 Å². The number of aromatic nitrogens is 2. The van der Waals surface area contributed by atoms with Crippen LogP contribution in [0.4, 0.5) is 0 Å². The predicted molar refractivity (Wildman–Crippen MR) is 143 cm³/mol. The summed E-state index contributed by atoms with van der Waals surface area (Å²) in [6.07, 6.45) is 25.8. The van der Waals surface area contributed by atoms with Crippen LogP contribution in [-0.2, 0) is 6.54 Å². The molecule has 1 saturated carbocycles. The summed E-state index contributed by atoms with van der Waals surface area (Å²) in [5, 5.41) is 8.44. The highest BCUT2D eigenvalue weighted by molar-refractivity contribution is 5.25. The molecule has 1 fully saturated rings. The van der Waals surface area contributed by atoms with E-state index in [-0.39, 0.29) is 0 Å². The van der Waals surface area contributed by atoms with Gasteiger partial charge >= 0.3 is 0 Å². The van der Waals surface area contributed by atoms with Crippen LogP contribution in [0.5, 0.6) is 0 Å². The monoisotopic (exact) mass is 451 g/mol. The van der Waals surface area contributed by atoms with E-state index < -0.39 is 0 Å². The molecule has 1 N–H and O–H groups in total. The van der Waals surface area contributed by atoms with E-state index in [1.807, 2.05) is 6.20 Å². The molecule has 1 aromatic rings. The summed E-state index contributed by atoms with van der Waals surface area (Å²) in [5.74, 6) is 2.13. The summed E-state index contributed by atoms with van der Waals surface area (Å²) in [7, 11) is 0. The van der Waals surface area contributed by atoms with Crippen LogP contribution in [0.3, 0.4) is 0 Å². The molecule has 2 aliphatic carbocycles. The minimum atomic E-state index is 0.442. The minimum Gasteiger partial charge on any atom is -0.316 e. The molecule has 1 heterocycles. The molecule has 184 valence electrons. The topological polar surface area (TPSA) is 29.9 Å². The van der Waals surface area contributed by atoms with E-state index in [4.69, 9.17) is 0 Å². The fourth-order valence-corrected chi connectivity index (χ4v) is 5.70. The van der Waals surface area contributed by atoms with Gasteiger partial charge in [0.05, 0.1) is 0 Å². The van der Waals surface area contributed by atoms with Crippen molar-refractivity contribution in [3.05, 3.63) is 53.9 Å². The van der Waals surface area contributed by atoms with E-state index in [1.54, 1.807) is 5.57 Å². The Morgan fingerprint density at radius 2 is 1.97 bits per heavy atom. The van der Waals surface area contributed by atoms with Crippen molar-refractivity contribution in [2.75, 3.05) is 13.1 Å². The lowest BCUT2D eigenvalue weighted by molar-refractivity contribution is 0.293. The summed E-state index contributed by atoms with van der Waals surface area (Å²) >= 11 is 0. The Kier molecular flexibility index (Phi) is 11.5. The first-order valence-electron chi connectivity index (χ1n) is 14.0. The molecular formula is C30H49N3. The van der Waals surface area contributed by atoms with E-state index in [9.17, 15) is 0 Å². The van der Waals surface area contributed by atoms with Gasteiger partial charge in [-0.1, -0.05) is 63.5 Å². The number of hydrogen-bond acceptors (Lipinski definition) is 2. The summed E-state index contributed by atoms with van der Waals surface area (Å²) in [6, 6.07) is 2.23. The Hall–Kier alpha value is -1.61. The van der Waals surface area contributed by atoms with Crippen LogP contribution in [0.15, 0.2) is 48.2 Å². The van der Waals surface area contributed by atoms with Gasteiger partial charge in [0, 0.05) is 24.4 Å². The van der Waals surface area contributed by atoms with Crippen molar-refractivity contribution in [3.63, 3.8) is 0 Å². The number of nitrogens with zero attached hydrogens (tertiary/aromatic N) is 2. The number of aryl methyl sites for hydroxylation is 1. The Labute approximate surface area is 203 Å². The highest BCUT2D eigenvalue weighted by atomic mass is 15.3. The normalized spacial score (nSPS) is 21.7. The second kappa shape index (κ2) is 14.6. The second-order valence-corrected chi connectivity index (χ2v) is 10.4. The molecular weight excluding hydrogens is 402 g/mol. The van der Waals surface area contributed by atoms with E-state index in [0.29, 0.717) is 5.92 Å². The van der Waals surface area contributed by atoms with Gasteiger partial charge in [0.2, 0.25) is 0 Å². The first-order chi connectivity index (χ1) is 16.2.